The Hall–Kier alpha value is -0.610. The average Bonchev–Trinajstić information content (AvgIpc) is 2.13. The third kappa shape index (κ3) is 4.24. The maximum Gasteiger partial charge on any atom is 0.239 e. The molecule has 0 saturated carbocycles. The molecule has 0 rings (SSSR count). The summed E-state index contributed by atoms with van der Waals surface area (Å²) in [7, 11) is 0. The topological polar surface area (TPSA) is 66.6 Å². The fourth-order valence-corrected chi connectivity index (χ4v) is 1.21. The van der Waals surface area contributed by atoms with Crippen LogP contribution in [0, 0.1) is 0 Å². The van der Waals surface area contributed by atoms with E-state index in [9.17, 15) is 4.79 Å². The molecule has 1 atom stereocenters. The van der Waals surface area contributed by atoms with E-state index in [0.29, 0.717) is 19.5 Å². The Balaban J connectivity index is 4.02. The van der Waals surface area contributed by atoms with Crippen molar-refractivity contribution in [3.63, 3.8) is 0 Å². The molecule has 0 aromatic rings. The van der Waals surface area contributed by atoms with Crippen LogP contribution >= 0.6 is 0 Å². The van der Waals surface area contributed by atoms with Crippen LogP contribution in [0.5, 0.6) is 0 Å². The fraction of sp³-hybridized carbons (Fsp3) is 0.889. The number of carbonyl (C=O) groups is 1. The third-order valence-electron chi connectivity index (χ3n) is 1.98. The zero-order chi connectivity index (χ0) is 10.3. The highest BCUT2D eigenvalue weighted by Crippen LogP contribution is 1.99. The summed E-state index contributed by atoms with van der Waals surface area (Å²) in [5.74, 6) is -0.0570. The third-order valence-corrected chi connectivity index (χ3v) is 1.98. The van der Waals surface area contributed by atoms with E-state index in [1.165, 1.54) is 0 Å². The molecule has 0 aliphatic heterocycles. The van der Waals surface area contributed by atoms with Gasteiger partial charge in [0.1, 0.15) is 0 Å². The molecule has 1 unspecified atom stereocenters. The van der Waals surface area contributed by atoms with Crippen LogP contribution in [0.1, 0.15) is 26.7 Å². The monoisotopic (exact) mass is 188 g/mol. The molecule has 13 heavy (non-hydrogen) atoms. The highest BCUT2D eigenvalue weighted by atomic mass is 16.3. The van der Waals surface area contributed by atoms with E-state index < -0.39 is 6.04 Å². The molecule has 4 heteroatoms. The molecule has 0 spiro atoms. The molecule has 3 N–H and O–H groups in total. The van der Waals surface area contributed by atoms with Crippen LogP contribution in [0.15, 0.2) is 0 Å². The lowest BCUT2D eigenvalue weighted by Crippen LogP contribution is -2.44. The number of rotatable bonds is 6. The van der Waals surface area contributed by atoms with E-state index in [1.54, 1.807) is 4.90 Å². The number of hydrogen-bond donors (Lipinski definition) is 2. The molecule has 0 aromatic carbocycles. The van der Waals surface area contributed by atoms with E-state index in [-0.39, 0.29) is 12.5 Å². The molecule has 4 nitrogen and oxygen atoms in total. The molecular weight excluding hydrogens is 168 g/mol. The number of hydrogen-bond acceptors (Lipinski definition) is 3. The first-order valence-electron chi connectivity index (χ1n) is 4.82. The largest absolute Gasteiger partial charge is 0.395 e. The smallest absolute Gasteiger partial charge is 0.239 e. The summed E-state index contributed by atoms with van der Waals surface area (Å²) < 4.78 is 0. The second-order valence-corrected chi connectivity index (χ2v) is 3.04. The van der Waals surface area contributed by atoms with Crippen molar-refractivity contribution < 1.29 is 9.90 Å². The first-order valence-corrected chi connectivity index (χ1v) is 4.82. The molecule has 1 amide bonds. The number of carbonyl (C=O) groups excluding carboxylic acids is 1. The van der Waals surface area contributed by atoms with Crippen molar-refractivity contribution in [3.8, 4) is 0 Å². The summed E-state index contributed by atoms with van der Waals surface area (Å²) in [4.78, 5) is 13.1. The minimum atomic E-state index is -0.406. The van der Waals surface area contributed by atoms with E-state index in [2.05, 4.69) is 0 Å². The summed E-state index contributed by atoms with van der Waals surface area (Å²) in [6.07, 6.45) is 1.62. The van der Waals surface area contributed by atoms with Gasteiger partial charge in [0.25, 0.3) is 0 Å². The zero-order valence-electron chi connectivity index (χ0n) is 8.49. The van der Waals surface area contributed by atoms with Gasteiger partial charge in [0.15, 0.2) is 0 Å². The molecule has 0 bridgehead atoms. The van der Waals surface area contributed by atoms with Gasteiger partial charge in [0.2, 0.25) is 5.91 Å². The van der Waals surface area contributed by atoms with Gasteiger partial charge in [0.05, 0.1) is 12.6 Å². The van der Waals surface area contributed by atoms with Crippen LogP contribution < -0.4 is 5.73 Å². The Labute approximate surface area is 79.7 Å². The van der Waals surface area contributed by atoms with Crippen molar-refractivity contribution in [2.75, 3.05) is 19.7 Å². The molecular formula is C9H20N2O2. The van der Waals surface area contributed by atoms with Gasteiger partial charge in [-0.2, -0.15) is 0 Å². The second kappa shape index (κ2) is 6.86. The molecule has 0 aliphatic rings. The number of aliphatic hydroxyl groups excluding tert-OH is 1. The molecule has 0 aromatic heterocycles. The van der Waals surface area contributed by atoms with Gasteiger partial charge in [-0.25, -0.2) is 0 Å². The summed E-state index contributed by atoms with van der Waals surface area (Å²) in [6.45, 7) is 4.86. The van der Waals surface area contributed by atoms with Gasteiger partial charge >= 0.3 is 0 Å². The first-order chi connectivity index (χ1) is 6.17. The van der Waals surface area contributed by atoms with Crippen LogP contribution in [0.25, 0.3) is 0 Å². The van der Waals surface area contributed by atoms with Crippen molar-refractivity contribution in [1.82, 2.24) is 4.90 Å². The number of aliphatic hydroxyl groups is 1. The predicted molar refractivity (Wildman–Crippen MR) is 52.2 cm³/mol. The van der Waals surface area contributed by atoms with E-state index in [1.807, 2.05) is 13.8 Å². The van der Waals surface area contributed by atoms with Gasteiger partial charge in [0, 0.05) is 13.1 Å². The van der Waals surface area contributed by atoms with Gasteiger partial charge in [-0.3, -0.25) is 4.79 Å². The highest BCUT2D eigenvalue weighted by molar-refractivity contribution is 5.81. The average molecular weight is 188 g/mol. The normalized spacial score (nSPS) is 12.6. The number of likely N-dealkylation sites (N-methyl/N-ethyl adjacent to an activating group) is 1. The Kier molecular flexibility index (Phi) is 6.54. The van der Waals surface area contributed by atoms with Crippen LogP contribution in [0.3, 0.4) is 0 Å². The maximum atomic E-state index is 11.5. The number of nitrogens with two attached hydrogens (primary N) is 1. The molecule has 0 fully saturated rings. The predicted octanol–water partition coefficient (Wildman–Crippen LogP) is -0.0454. The van der Waals surface area contributed by atoms with Crippen LogP contribution in [0.2, 0.25) is 0 Å². The summed E-state index contributed by atoms with van der Waals surface area (Å²) in [5, 5.41) is 8.69. The van der Waals surface area contributed by atoms with E-state index in [4.69, 9.17) is 10.8 Å². The van der Waals surface area contributed by atoms with Gasteiger partial charge < -0.3 is 15.7 Å². The van der Waals surface area contributed by atoms with Crippen LogP contribution in [0.4, 0.5) is 0 Å². The lowest BCUT2D eigenvalue weighted by molar-refractivity contribution is -0.133. The Morgan fingerprint density at radius 3 is 2.54 bits per heavy atom. The first kappa shape index (κ1) is 12.4. The lowest BCUT2D eigenvalue weighted by atomic mass is 10.1. The molecule has 0 saturated heterocycles. The number of amides is 1. The van der Waals surface area contributed by atoms with Crippen molar-refractivity contribution in [1.29, 1.82) is 0 Å². The van der Waals surface area contributed by atoms with E-state index in [0.717, 1.165) is 6.42 Å². The van der Waals surface area contributed by atoms with Gasteiger partial charge in [-0.05, 0) is 13.3 Å². The van der Waals surface area contributed by atoms with Crippen molar-refractivity contribution in [2.45, 2.75) is 32.7 Å². The second-order valence-electron chi connectivity index (χ2n) is 3.04. The van der Waals surface area contributed by atoms with Crippen LogP contribution in [-0.4, -0.2) is 41.7 Å². The lowest BCUT2D eigenvalue weighted by Gasteiger charge is -2.23. The quantitative estimate of drug-likeness (QED) is 0.614. The molecule has 0 radical (unpaired) electrons. The summed E-state index contributed by atoms with van der Waals surface area (Å²) in [6, 6.07) is -0.406. The standard InChI is InChI=1S/C9H20N2O2/c1-3-5-8(10)9(13)11(4-2)6-7-12/h8,12H,3-7,10H2,1-2H3. The molecule has 0 heterocycles. The minimum absolute atomic E-state index is 0.00156. The summed E-state index contributed by atoms with van der Waals surface area (Å²) in [5.41, 5.74) is 5.66. The minimum Gasteiger partial charge on any atom is -0.395 e. The highest BCUT2D eigenvalue weighted by Gasteiger charge is 2.17. The van der Waals surface area contributed by atoms with E-state index >= 15 is 0 Å². The Bertz CT molecular complexity index is 151. The zero-order valence-corrected chi connectivity index (χ0v) is 8.49. The van der Waals surface area contributed by atoms with Crippen molar-refractivity contribution >= 4 is 5.91 Å². The molecule has 0 aliphatic carbocycles. The Morgan fingerprint density at radius 1 is 1.54 bits per heavy atom. The number of nitrogens with zero attached hydrogens (tertiary/aromatic N) is 1. The van der Waals surface area contributed by atoms with Gasteiger partial charge in [-0.1, -0.05) is 13.3 Å². The van der Waals surface area contributed by atoms with Crippen LogP contribution in [-0.2, 0) is 4.79 Å². The SMILES string of the molecule is CCCC(N)C(=O)N(CC)CCO. The van der Waals surface area contributed by atoms with Crippen molar-refractivity contribution in [3.05, 3.63) is 0 Å². The van der Waals surface area contributed by atoms with Crippen molar-refractivity contribution in [2.24, 2.45) is 5.73 Å². The maximum absolute atomic E-state index is 11.5. The molecule has 78 valence electrons. The Morgan fingerprint density at radius 2 is 2.15 bits per heavy atom. The fourth-order valence-electron chi connectivity index (χ4n) is 1.21. The summed E-state index contributed by atoms with van der Waals surface area (Å²) >= 11 is 0. The van der Waals surface area contributed by atoms with Gasteiger partial charge in [-0.15, -0.1) is 0 Å².